The molecule has 1 fully saturated rings. The van der Waals surface area contributed by atoms with Crippen molar-refractivity contribution in [3.8, 4) is 34.3 Å². The molecule has 33 heavy (non-hydrogen) atoms. The second-order valence-corrected chi connectivity index (χ2v) is 7.76. The van der Waals surface area contributed by atoms with Crippen molar-refractivity contribution in [3.63, 3.8) is 0 Å². The van der Waals surface area contributed by atoms with Crippen LogP contribution in [0.5, 0.6) is 23.0 Å². The smallest absolute Gasteiger partial charge is 0.273 e. The maximum atomic E-state index is 12.5. The van der Waals surface area contributed by atoms with E-state index in [0.29, 0.717) is 12.3 Å². The minimum Gasteiger partial charge on any atom is -0.508 e. The molecule has 2 heterocycles. The monoisotopic (exact) mass is 452 g/mol. The number of carbonyl (C=O) groups is 1. The molecule has 0 atom stereocenters. The van der Waals surface area contributed by atoms with Crippen molar-refractivity contribution >= 4 is 11.6 Å². The summed E-state index contributed by atoms with van der Waals surface area (Å²) in [6.07, 6.45) is 3.61. The Bertz CT molecular complexity index is 1120. The lowest BCUT2D eigenvalue weighted by Crippen LogP contribution is -2.37. The average Bonchev–Trinajstić information content (AvgIpc) is 3.30. The molecule has 2 aromatic carbocycles. The second kappa shape index (κ2) is 10.1. The molecular weight excluding hydrogens is 428 g/mol. The van der Waals surface area contributed by atoms with Crippen LogP contribution in [0.25, 0.3) is 11.3 Å². The minimum absolute atomic E-state index is 0.0588. The molecule has 1 amide bonds. The van der Waals surface area contributed by atoms with E-state index < -0.39 is 0 Å². The lowest BCUT2D eigenvalue weighted by atomic mass is 10.1. The van der Waals surface area contributed by atoms with Gasteiger partial charge in [-0.3, -0.25) is 4.79 Å². The first-order chi connectivity index (χ1) is 16.0. The van der Waals surface area contributed by atoms with Crippen molar-refractivity contribution in [3.05, 3.63) is 53.1 Å². The summed E-state index contributed by atoms with van der Waals surface area (Å²) in [5.41, 5.74) is 0.404. The number of nitrogens with one attached hydrogen (secondary N) is 1. The molecule has 0 aliphatic carbocycles. The number of likely N-dealkylation sites (tertiary alicyclic amines) is 1. The Morgan fingerprint density at radius 3 is 2.61 bits per heavy atom. The van der Waals surface area contributed by atoms with Crippen molar-refractivity contribution in [1.82, 2.24) is 15.4 Å². The summed E-state index contributed by atoms with van der Waals surface area (Å²) in [4.78, 5) is 25.4. The third-order valence-electron chi connectivity index (χ3n) is 5.39. The fourth-order valence-corrected chi connectivity index (χ4v) is 3.72. The van der Waals surface area contributed by atoms with E-state index in [0.717, 1.165) is 25.7 Å². The molecule has 1 saturated heterocycles. The molecule has 10 nitrogen and oxygen atoms in total. The van der Waals surface area contributed by atoms with Gasteiger partial charge in [0.15, 0.2) is 11.5 Å². The van der Waals surface area contributed by atoms with Crippen LogP contribution in [0, 0.1) is 4.91 Å². The van der Waals surface area contributed by atoms with Crippen LogP contribution in [0.2, 0.25) is 0 Å². The molecule has 0 radical (unpaired) electrons. The Kier molecular flexibility index (Phi) is 6.84. The zero-order chi connectivity index (χ0) is 23.2. The number of hydrogen-bond donors (Lipinski definition) is 3. The average molecular weight is 452 g/mol. The molecule has 172 valence electrons. The van der Waals surface area contributed by atoms with E-state index in [4.69, 9.17) is 9.26 Å². The van der Waals surface area contributed by atoms with E-state index >= 15 is 0 Å². The van der Waals surface area contributed by atoms with Crippen molar-refractivity contribution in [1.29, 1.82) is 0 Å². The van der Waals surface area contributed by atoms with Gasteiger partial charge in [-0.15, -0.1) is 4.91 Å². The Hall–Kier alpha value is -3.92. The summed E-state index contributed by atoms with van der Waals surface area (Å²) >= 11 is 0. The maximum absolute atomic E-state index is 12.5. The number of nitroso groups, excluding NO2 is 1. The summed E-state index contributed by atoms with van der Waals surface area (Å²) in [7, 11) is 0. The summed E-state index contributed by atoms with van der Waals surface area (Å²) in [6.45, 7) is 3.35. The lowest BCUT2D eigenvalue weighted by molar-refractivity contribution is 0.0937. The van der Waals surface area contributed by atoms with Crippen molar-refractivity contribution < 1.29 is 24.3 Å². The Morgan fingerprint density at radius 1 is 1.12 bits per heavy atom. The van der Waals surface area contributed by atoms with Crippen LogP contribution in [0.1, 0.15) is 29.8 Å². The van der Waals surface area contributed by atoms with Gasteiger partial charge in [0.05, 0.1) is 0 Å². The maximum Gasteiger partial charge on any atom is 0.273 e. The molecule has 10 heteroatoms. The van der Waals surface area contributed by atoms with Gasteiger partial charge in [-0.2, -0.15) is 0 Å². The molecule has 0 spiro atoms. The summed E-state index contributed by atoms with van der Waals surface area (Å²) in [5, 5.41) is 29.8. The van der Waals surface area contributed by atoms with E-state index in [1.54, 1.807) is 0 Å². The topological polar surface area (TPSA) is 137 Å². The van der Waals surface area contributed by atoms with E-state index in [9.17, 15) is 19.9 Å². The molecule has 0 saturated carbocycles. The predicted molar refractivity (Wildman–Crippen MR) is 120 cm³/mol. The van der Waals surface area contributed by atoms with Gasteiger partial charge in [0.2, 0.25) is 0 Å². The van der Waals surface area contributed by atoms with E-state index in [2.05, 4.69) is 20.6 Å². The molecule has 0 bridgehead atoms. The summed E-state index contributed by atoms with van der Waals surface area (Å²) in [6, 6.07) is 9.78. The molecule has 3 aromatic rings. The number of carbonyl (C=O) groups excluding carboxylic acids is 1. The van der Waals surface area contributed by atoms with E-state index in [1.165, 1.54) is 55.7 Å². The van der Waals surface area contributed by atoms with Crippen LogP contribution in [0.3, 0.4) is 0 Å². The van der Waals surface area contributed by atoms with Gasteiger partial charge in [0.25, 0.3) is 5.91 Å². The summed E-state index contributed by atoms with van der Waals surface area (Å²) < 4.78 is 11.1. The van der Waals surface area contributed by atoms with Crippen LogP contribution >= 0.6 is 0 Å². The predicted octanol–water partition coefficient (Wildman–Crippen LogP) is 4.16. The van der Waals surface area contributed by atoms with Gasteiger partial charge in [0.1, 0.15) is 34.2 Å². The third-order valence-corrected chi connectivity index (χ3v) is 5.39. The van der Waals surface area contributed by atoms with Gasteiger partial charge in [0, 0.05) is 31.3 Å². The number of hydrogen-bond acceptors (Lipinski definition) is 9. The molecule has 4 rings (SSSR count). The van der Waals surface area contributed by atoms with Gasteiger partial charge < -0.3 is 29.7 Å². The fourth-order valence-electron chi connectivity index (χ4n) is 3.72. The second-order valence-electron chi connectivity index (χ2n) is 7.76. The molecule has 1 aromatic heterocycles. The highest BCUT2D eigenvalue weighted by Crippen LogP contribution is 2.43. The Morgan fingerprint density at radius 2 is 1.88 bits per heavy atom. The SMILES string of the molecule is O=Nc1ccc(Oc2cc(O)cc(O)c2-c2cc(C(=O)NCCN3CCCCC3)no2)cc1. The first kappa shape index (κ1) is 22.3. The molecular formula is C23H24N4O6. The molecule has 1 aliphatic rings. The molecule has 0 unspecified atom stereocenters. The number of piperidine rings is 1. The first-order valence-electron chi connectivity index (χ1n) is 10.7. The highest BCUT2D eigenvalue weighted by atomic mass is 16.5. The van der Waals surface area contributed by atoms with Gasteiger partial charge in [-0.1, -0.05) is 11.6 Å². The van der Waals surface area contributed by atoms with E-state index in [-0.39, 0.29) is 45.9 Å². The number of ether oxygens (including phenoxy) is 1. The van der Waals surface area contributed by atoms with E-state index in [1.807, 2.05) is 0 Å². The standard InChI is InChI=1S/C23H24N4O6/c28-16-12-19(29)22(20(13-16)32-17-6-4-15(25-31)5-7-17)21-14-18(26-33-21)23(30)24-8-11-27-9-2-1-3-10-27/h4-7,12-14,28-29H,1-3,8-11H2,(H,24,30). The number of phenolic OH excluding ortho intramolecular Hbond substituents is 2. The normalized spacial score (nSPS) is 14.1. The Labute approximate surface area is 189 Å². The van der Waals surface area contributed by atoms with Gasteiger partial charge in [-0.05, 0) is 55.4 Å². The fraction of sp³-hybridized carbons (Fsp3) is 0.304. The highest BCUT2D eigenvalue weighted by molar-refractivity contribution is 5.93. The van der Waals surface area contributed by atoms with Crippen LogP contribution in [0.4, 0.5) is 5.69 Å². The third kappa shape index (κ3) is 5.47. The minimum atomic E-state index is -0.389. The number of aromatic hydroxyl groups is 2. The van der Waals surface area contributed by atoms with Crippen molar-refractivity contribution in [2.45, 2.75) is 19.3 Å². The zero-order valence-electron chi connectivity index (χ0n) is 17.9. The lowest BCUT2D eigenvalue weighted by Gasteiger charge is -2.26. The number of rotatable bonds is 8. The van der Waals surface area contributed by atoms with Crippen LogP contribution in [-0.2, 0) is 0 Å². The number of benzene rings is 2. The first-order valence-corrected chi connectivity index (χ1v) is 10.7. The van der Waals surface area contributed by atoms with Gasteiger partial charge in [-0.25, -0.2) is 0 Å². The molecule has 3 N–H and O–H groups in total. The van der Waals surface area contributed by atoms with Crippen molar-refractivity contribution in [2.24, 2.45) is 5.18 Å². The number of phenols is 2. The molecule has 1 aliphatic heterocycles. The zero-order valence-corrected chi connectivity index (χ0v) is 17.9. The highest BCUT2D eigenvalue weighted by Gasteiger charge is 2.21. The van der Waals surface area contributed by atoms with Gasteiger partial charge >= 0.3 is 0 Å². The summed E-state index contributed by atoms with van der Waals surface area (Å²) in [5.74, 6) is -0.428. The largest absolute Gasteiger partial charge is 0.508 e. The van der Waals surface area contributed by atoms with Crippen LogP contribution < -0.4 is 10.1 Å². The van der Waals surface area contributed by atoms with Crippen molar-refractivity contribution in [2.75, 3.05) is 26.2 Å². The number of aromatic nitrogens is 1. The number of amides is 1. The Balaban J connectivity index is 1.49. The van der Waals surface area contributed by atoms with Crippen LogP contribution in [-0.4, -0.2) is 52.4 Å². The quantitative estimate of drug-likeness (QED) is 0.433. The van der Waals surface area contributed by atoms with Crippen LogP contribution in [0.15, 0.2) is 52.2 Å². The number of nitrogens with zero attached hydrogens (tertiary/aromatic N) is 3.